The predicted molar refractivity (Wildman–Crippen MR) is 69.0 cm³/mol. The first-order chi connectivity index (χ1) is 7.61. The third-order valence-corrected chi connectivity index (χ3v) is 2.93. The largest absolute Gasteiger partial charge is 0.314 e. The maximum atomic E-state index is 6.04. The summed E-state index contributed by atoms with van der Waals surface area (Å²) < 4.78 is 0. The molecule has 0 saturated heterocycles. The molecule has 0 amide bonds. The summed E-state index contributed by atoms with van der Waals surface area (Å²) in [5.41, 5.74) is 4.46. The van der Waals surface area contributed by atoms with Crippen LogP contribution >= 0.6 is 11.6 Å². The van der Waals surface area contributed by atoms with Gasteiger partial charge in [0.1, 0.15) is 0 Å². The van der Waals surface area contributed by atoms with Crippen LogP contribution in [0, 0.1) is 13.8 Å². The molecule has 0 aliphatic carbocycles. The molecule has 3 heteroatoms. The molecule has 1 N–H and O–H groups in total. The molecule has 0 aliphatic rings. The van der Waals surface area contributed by atoms with Gasteiger partial charge in [-0.3, -0.25) is 4.98 Å². The quantitative estimate of drug-likeness (QED) is 0.863. The summed E-state index contributed by atoms with van der Waals surface area (Å²) >= 11 is 6.04. The lowest BCUT2D eigenvalue weighted by Crippen LogP contribution is -2.09. The summed E-state index contributed by atoms with van der Waals surface area (Å²) in [6.45, 7) is 4.92. The van der Waals surface area contributed by atoms with Crippen molar-refractivity contribution in [3.8, 4) is 0 Å². The molecule has 2 aromatic rings. The van der Waals surface area contributed by atoms with Gasteiger partial charge < -0.3 is 5.32 Å². The number of aryl methyl sites for hydroxylation is 2. The van der Waals surface area contributed by atoms with Gasteiger partial charge >= 0.3 is 0 Å². The molecule has 0 atom stereocenters. The highest BCUT2D eigenvalue weighted by atomic mass is 35.5. The summed E-state index contributed by atoms with van der Waals surface area (Å²) in [6, 6.07) is 6.07. The second-order valence-electron chi connectivity index (χ2n) is 4.08. The van der Waals surface area contributed by atoms with Gasteiger partial charge in [-0.25, -0.2) is 0 Å². The number of hydrogen-bond acceptors (Lipinski definition) is 2. The van der Waals surface area contributed by atoms with Crippen molar-refractivity contribution in [1.82, 2.24) is 10.3 Å². The van der Waals surface area contributed by atoms with Gasteiger partial charge in [0, 0.05) is 17.0 Å². The summed E-state index contributed by atoms with van der Waals surface area (Å²) in [5.74, 6) is 0. The van der Waals surface area contributed by atoms with E-state index in [4.69, 9.17) is 11.6 Å². The summed E-state index contributed by atoms with van der Waals surface area (Å²) in [7, 11) is 1.93. The Balaban J connectivity index is 2.69. The molecule has 0 bridgehead atoms. The smallest absolute Gasteiger partial charge is 0.0736 e. The van der Waals surface area contributed by atoms with E-state index < -0.39 is 0 Å². The molecule has 2 rings (SSSR count). The van der Waals surface area contributed by atoms with Crippen molar-refractivity contribution < 1.29 is 0 Å². The summed E-state index contributed by atoms with van der Waals surface area (Å²) in [5, 5.41) is 5.02. The zero-order chi connectivity index (χ0) is 11.7. The minimum absolute atomic E-state index is 0.771. The molecule has 0 fully saturated rings. The minimum Gasteiger partial charge on any atom is -0.314 e. The van der Waals surface area contributed by atoms with Gasteiger partial charge in [-0.1, -0.05) is 11.6 Å². The fourth-order valence-corrected chi connectivity index (χ4v) is 2.19. The van der Waals surface area contributed by atoms with E-state index in [0.717, 1.165) is 33.7 Å². The molecule has 0 radical (unpaired) electrons. The highest BCUT2D eigenvalue weighted by Crippen LogP contribution is 2.24. The number of halogens is 1. The summed E-state index contributed by atoms with van der Waals surface area (Å²) in [6.07, 6.45) is 0. The van der Waals surface area contributed by atoms with Crippen molar-refractivity contribution in [1.29, 1.82) is 0 Å². The van der Waals surface area contributed by atoms with Crippen LogP contribution in [0.3, 0.4) is 0 Å². The Bertz CT molecular complexity index is 535. The number of fused-ring (bicyclic) bond motifs is 1. The van der Waals surface area contributed by atoms with Crippen molar-refractivity contribution in [3.05, 3.63) is 40.0 Å². The van der Waals surface area contributed by atoms with E-state index in [-0.39, 0.29) is 0 Å². The molecule has 0 aliphatic heterocycles. The monoisotopic (exact) mass is 234 g/mol. The van der Waals surface area contributed by atoms with E-state index in [1.54, 1.807) is 0 Å². The van der Waals surface area contributed by atoms with Gasteiger partial charge in [0.15, 0.2) is 0 Å². The van der Waals surface area contributed by atoms with Crippen LogP contribution in [0.25, 0.3) is 10.9 Å². The number of pyridine rings is 1. The Labute approximate surface area is 101 Å². The Hall–Kier alpha value is -1.12. The van der Waals surface area contributed by atoms with Crippen LogP contribution in [0.1, 0.15) is 16.8 Å². The molecule has 0 saturated carbocycles. The van der Waals surface area contributed by atoms with Crippen molar-refractivity contribution in [2.75, 3.05) is 7.05 Å². The Kier molecular flexibility index (Phi) is 3.13. The molecular weight excluding hydrogens is 220 g/mol. The Morgan fingerprint density at radius 1 is 1.19 bits per heavy atom. The van der Waals surface area contributed by atoms with E-state index in [1.807, 2.05) is 26.1 Å². The number of benzene rings is 1. The lowest BCUT2D eigenvalue weighted by molar-refractivity contribution is 0.788. The van der Waals surface area contributed by atoms with Crippen molar-refractivity contribution in [2.24, 2.45) is 0 Å². The average molecular weight is 235 g/mol. The fourth-order valence-electron chi connectivity index (χ4n) is 1.91. The molecule has 1 heterocycles. The highest BCUT2D eigenvalue weighted by Gasteiger charge is 2.06. The molecule has 16 heavy (non-hydrogen) atoms. The second kappa shape index (κ2) is 4.40. The minimum atomic E-state index is 0.771. The standard InChI is InChI=1S/C13H15ClN2/c1-8-4-10-6-11(14)5-9(2)13(10)16-12(8)7-15-3/h4-6,15H,7H2,1-3H3. The van der Waals surface area contributed by atoms with Crippen LogP contribution in [0.4, 0.5) is 0 Å². The van der Waals surface area contributed by atoms with Gasteiger partial charge in [0.05, 0.1) is 11.2 Å². The molecule has 0 spiro atoms. The van der Waals surface area contributed by atoms with Gasteiger partial charge in [-0.2, -0.15) is 0 Å². The predicted octanol–water partition coefficient (Wildman–Crippen LogP) is 3.22. The third-order valence-electron chi connectivity index (χ3n) is 2.71. The maximum absolute atomic E-state index is 6.04. The Morgan fingerprint density at radius 3 is 2.62 bits per heavy atom. The van der Waals surface area contributed by atoms with Crippen molar-refractivity contribution in [2.45, 2.75) is 20.4 Å². The first-order valence-corrected chi connectivity index (χ1v) is 5.70. The van der Waals surface area contributed by atoms with Crippen LogP contribution < -0.4 is 5.32 Å². The third kappa shape index (κ3) is 2.04. The molecule has 2 nitrogen and oxygen atoms in total. The first-order valence-electron chi connectivity index (χ1n) is 5.33. The van der Waals surface area contributed by atoms with Crippen LogP contribution in [0.5, 0.6) is 0 Å². The van der Waals surface area contributed by atoms with E-state index in [2.05, 4.69) is 23.3 Å². The topological polar surface area (TPSA) is 24.9 Å². The van der Waals surface area contributed by atoms with Crippen LogP contribution in [-0.2, 0) is 6.54 Å². The van der Waals surface area contributed by atoms with Crippen LogP contribution in [-0.4, -0.2) is 12.0 Å². The number of rotatable bonds is 2. The number of nitrogens with one attached hydrogen (secondary N) is 1. The number of hydrogen-bond donors (Lipinski definition) is 1. The molecule has 84 valence electrons. The van der Waals surface area contributed by atoms with Crippen LogP contribution in [0.15, 0.2) is 18.2 Å². The zero-order valence-corrected chi connectivity index (χ0v) is 10.5. The van der Waals surface area contributed by atoms with Gasteiger partial charge in [0.25, 0.3) is 0 Å². The maximum Gasteiger partial charge on any atom is 0.0736 e. The van der Waals surface area contributed by atoms with Gasteiger partial charge in [-0.05, 0) is 50.2 Å². The molecule has 1 aromatic carbocycles. The van der Waals surface area contributed by atoms with Crippen LogP contribution in [0.2, 0.25) is 5.02 Å². The first kappa shape index (κ1) is 11.4. The molecule has 1 aromatic heterocycles. The van der Waals surface area contributed by atoms with Gasteiger partial charge in [0.2, 0.25) is 0 Å². The normalized spacial score (nSPS) is 11.0. The summed E-state index contributed by atoms with van der Waals surface area (Å²) in [4.78, 5) is 4.68. The fraction of sp³-hybridized carbons (Fsp3) is 0.308. The van der Waals surface area contributed by atoms with E-state index in [0.29, 0.717) is 0 Å². The lowest BCUT2D eigenvalue weighted by atomic mass is 10.1. The number of aromatic nitrogens is 1. The van der Waals surface area contributed by atoms with E-state index in [1.165, 1.54) is 5.56 Å². The zero-order valence-electron chi connectivity index (χ0n) is 9.76. The Morgan fingerprint density at radius 2 is 1.94 bits per heavy atom. The SMILES string of the molecule is CNCc1nc2c(C)cc(Cl)cc2cc1C. The number of nitrogens with zero attached hydrogens (tertiary/aromatic N) is 1. The highest BCUT2D eigenvalue weighted by molar-refractivity contribution is 6.31. The van der Waals surface area contributed by atoms with E-state index in [9.17, 15) is 0 Å². The van der Waals surface area contributed by atoms with Crippen molar-refractivity contribution in [3.63, 3.8) is 0 Å². The van der Waals surface area contributed by atoms with Gasteiger partial charge in [-0.15, -0.1) is 0 Å². The second-order valence-corrected chi connectivity index (χ2v) is 4.51. The molecular formula is C13H15ClN2. The lowest BCUT2D eigenvalue weighted by Gasteiger charge is -2.09. The van der Waals surface area contributed by atoms with E-state index >= 15 is 0 Å². The molecule has 0 unspecified atom stereocenters. The average Bonchev–Trinajstić information content (AvgIpc) is 2.20. The van der Waals surface area contributed by atoms with Crippen molar-refractivity contribution >= 4 is 22.5 Å².